The Morgan fingerprint density at radius 1 is 1.00 bits per heavy atom. The second-order valence-corrected chi connectivity index (χ2v) is 4.95. The topological polar surface area (TPSA) is 20.3 Å². The third-order valence-corrected chi connectivity index (χ3v) is 3.36. The third kappa shape index (κ3) is 3.22. The van der Waals surface area contributed by atoms with Crippen molar-refractivity contribution < 1.29 is 4.79 Å². The lowest BCUT2D eigenvalue weighted by Crippen LogP contribution is -2.26. The van der Waals surface area contributed by atoms with Gasteiger partial charge in [0.1, 0.15) is 0 Å². The molecule has 0 saturated heterocycles. The Morgan fingerprint density at radius 3 is 2.32 bits per heavy atom. The second kappa shape index (κ2) is 5.70. The highest BCUT2D eigenvalue weighted by Crippen LogP contribution is 2.13. The summed E-state index contributed by atoms with van der Waals surface area (Å²) in [6, 6.07) is 15.9. The molecule has 19 heavy (non-hydrogen) atoms. The minimum atomic E-state index is 0.0620. The molecular formula is C17H19NO. The van der Waals surface area contributed by atoms with E-state index in [9.17, 15) is 4.79 Å². The van der Waals surface area contributed by atoms with Gasteiger partial charge in [0, 0.05) is 19.2 Å². The van der Waals surface area contributed by atoms with Gasteiger partial charge in [0.05, 0.1) is 0 Å². The molecule has 0 fully saturated rings. The number of carbonyl (C=O) groups excluding carboxylic acids is 1. The van der Waals surface area contributed by atoms with Crippen LogP contribution in [0.15, 0.2) is 48.5 Å². The molecule has 0 atom stereocenters. The van der Waals surface area contributed by atoms with E-state index in [1.807, 2.05) is 62.5 Å². The van der Waals surface area contributed by atoms with Crippen LogP contribution in [0.4, 0.5) is 0 Å². The lowest BCUT2D eigenvalue weighted by molar-refractivity contribution is 0.0785. The summed E-state index contributed by atoms with van der Waals surface area (Å²) in [5.74, 6) is 0.0620. The summed E-state index contributed by atoms with van der Waals surface area (Å²) < 4.78 is 0. The Hall–Kier alpha value is -2.09. The van der Waals surface area contributed by atoms with Gasteiger partial charge in [-0.1, -0.05) is 36.4 Å². The summed E-state index contributed by atoms with van der Waals surface area (Å²) in [7, 11) is 1.84. The van der Waals surface area contributed by atoms with Crippen molar-refractivity contribution in [3.63, 3.8) is 0 Å². The van der Waals surface area contributed by atoms with Gasteiger partial charge < -0.3 is 4.90 Å². The Kier molecular flexibility index (Phi) is 4.00. The van der Waals surface area contributed by atoms with Gasteiger partial charge in [-0.25, -0.2) is 0 Å². The van der Waals surface area contributed by atoms with Crippen molar-refractivity contribution in [2.75, 3.05) is 7.05 Å². The quantitative estimate of drug-likeness (QED) is 0.818. The molecule has 0 aliphatic rings. The highest BCUT2D eigenvalue weighted by Gasteiger charge is 2.12. The van der Waals surface area contributed by atoms with E-state index in [-0.39, 0.29) is 5.91 Å². The van der Waals surface area contributed by atoms with Gasteiger partial charge in [-0.15, -0.1) is 0 Å². The number of rotatable bonds is 3. The monoisotopic (exact) mass is 253 g/mol. The van der Waals surface area contributed by atoms with Crippen LogP contribution in [0.1, 0.15) is 27.0 Å². The molecule has 0 bridgehead atoms. The fraction of sp³-hybridized carbons (Fsp3) is 0.235. The number of hydrogen-bond donors (Lipinski definition) is 0. The van der Waals surface area contributed by atoms with E-state index in [1.54, 1.807) is 4.90 Å². The third-order valence-electron chi connectivity index (χ3n) is 3.36. The van der Waals surface area contributed by atoms with Crippen LogP contribution < -0.4 is 0 Å². The minimum Gasteiger partial charge on any atom is -0.337 e. The number of aryl methyl sites for hydroxylation is 2. The lowest BCUT2D eigenvalue weighted by Gasteiger charge is -2.18. The first-order chi connectivity index (χ1) is 9.08. The molecule has 2 aromatic carbocycles. The minimum absolute atomic E-state index is 0.0620. The van der Waals surface area contributed by atoms with Crippen LogP contribution in [0, 0.1) is 13.8 Å². The fourth-order valence-corrected chi connectivity index (χ4v) is 2.02. The maximum atomic E-state index is 12.3. The van der Waals surface area contributed by atoms with E-state index in [2.05, 4.69) is 6.92 Å². The number of nitrogens with zero attached hydrogens (tertiary/aromatic N) is 1. The average molecular weight is 253 g/mol. The first kappa shape index (κ1) is 13.3. The first-order valence-electron chi connectivity index (χ1n) is 6.44. The molecule has 1 amide bonds. The van der Waals surface area contributed by atoms with Gasteiger partial charge in [0.15, 0.2) is 0 Å². The Labute approximate surface area is 114 Å². The summed E-state index contributed by atoms with van der Waals surface area (Å²) >= 11 is 0. The zero-order chi connectivity index (χ0) is 13.8. The van der Waals surface area contributed by atoms with E-state index in [4.69, 9.17) is 0 Å². The van der Waals surface area contributed by atoms with Crippen molar-refractivity contribution in [3.8, 4) is 0 Å². The molecule has 0 saturated carbocycles. The van der Waals surface area contributed by atoms with E-state index < -0.39 is 0 Å². The molecule has 0 heterocycles. The summed E-state index contributed by atoms with van der Waals surface area (Å²) in [6.07, 6.45) is 0. The molecule has 2 nitrogen and oxygen atoms in total. The smallest absolute Gasteiger partial charge is 0.253 e. The Morgan fingerprint density at radius 2 is 1.68 bits per heavy atom. The summed E-state index contributed by atoms with van der Waals surface area (Å²) in [4.78, 5) is 14.1. The van der Waals surface area contributed by atoms with E-state index >= 15 is 0 Å². The van der Waals surface area contributed by atoms with Crippen LogP contribution in [0.25, 0.3) is 0 Å². The van der Waals surface area contributed by atoms with Crippen LogP contribution in [-0.2, 0) is 6.54 Å². The fourth-order valence-electron chi connectivity index (χ4n) is 2.02. The van der Waals surface area contributed by atoms with Crippen LogP contribution in [0.2, 0.25) is 0 Å². The van der Waals surface area contributed by atoms with Gasteiger partial charge in [0.2, 0.25) is 0 Å². The zero-order valence-electron chi connectivity index (χ0n) is 11.7. The second-order valence-electron chi connectivity index (χ2n) is 4.95. The lowest BCUT2D eigenvalue weighted by atomic mass is 10.1. The van der Waals surface area contributed by atoms with E-state index in [1.165, 1.54) is 5.56 Å². The number of carbonyl (C=O) groups is 1. The highest BCUT2D eigenvalue weighted by atomic mass is 16.2. The molecular weight excluding hydrogens is 234 g/mol. The van der Waals surface area contributed by atoms with Crippen molar-refractivity contribution in [2.24, 2.45) is 0 Å². The number of hydrogen-bond acceptors (Lipinski definition) is 1. The molecule has 0 aromatic heterocycles. The van der Waals surface area contributed by atoms with Gasteiger partial charge in [-0.05, 0) is 42.7 Å². The van der Waals surface area contributed by atoms with Gasteiger partial charge >= 0.3 is 0 Å². The maximum Gasteiger partial charge on any atom is 0.253 e. The van der Waals surface area contributed by atoms with Gasteiger partial charge in [-0.3, -0.25) is 4.79 Å². The molecule has 0 N–H and O–H groups in total. The van der Waals surface area contributed by atoms with E-state index in [0.717, 1.165) is 16.7 Å². The summed E-state index contributed by atoms with van der Waals surface area (Å²) in [5, 5.41) is 0. The first-order valence-corrected chi connectivity index (χ1v) is 6.44. The summed E-state index contributed by atoms with van der Waals surface area (Å²) in [6.45, 7) is 4.72. The van der Waals surface area contributed by atoms with E-state index in [0.29, 0.717) is 6.54 Å². The standard InChI is InChI=1S/C17H19NO/c1-13-9-10-16(11-14(13)2)17(19)18(3)12-15-7-5-4-6-8-15/h4-11H,12H2,1-3H3. The molecule has 2 rings (SSSR count). The predicted molar refractivity (Wildman–Crippen MR) is 78.2 cm³/mol. The van der Waals surface area contributed by atoms with Crippen LogP contribution >= 0.6 is 0 Å². The molecule has 0 radical (unpaired) electrons. The molecule has 0 aliphatic carbocycles. The Bertz CT molecular complexity index is 575. The number of amides is 1. The Balaban J connectivity index is 2.12. The van der Waals surface area contributed by atoms with Crippen molar-refractivity contribution in [1.29, 1.82) is 0 Å². The average Bonchev–Trinajstić information content (AvgIpc) is 2.42. The molecule has 98 valence electrons. The molecule has 0 spiro atoms. The van der Waals surface area contributed by atoms with Gasteiger partial charge in [0.25, 0.3) is 5.91 Å². The zero-order valence-corrected chi connectivity index (χ0v) is 11.7. The van der Waals surface area contributed by atoms with Crippen LogP contribution in [-0.4, -0.2) is 17.9 Å². The largest absolute Gasteiger partial charge is 0.337 e. The number of benzene rings is 2. The molecule has 0 aliphatic heterocycles. The van der Waals surface area contributed by atoms with Crippen molar-refractivity contribution in [1.82, 2.24) is 4.90 Å². The van der Waals surface area contributed by atoms with Crippen molar-refractivity contribution in [2.45, 2.75) is 20.4 Å². The van der Waals surface area contributed by atoms with Crippen LogP contribution in [0.5, 0.6) is 0 Å². The molecule has 2 aromatic rings. The SMILES string of the molecule is Cc1ccc(C(=O)N(C)Cc2ccccc2)cc1C. The molecule has 2 heteroatoms. The summed E-state index contributed by atoms with van der Waals surface area (Å²) in [5.41, 5.74) is 4.25. The molecule has 0 unspecified atom stereocenters. The maximum absolute atomic E-state index is 12.3. The van der Waals surface area contributed by atoms with Crippen LogP contribution in [0.3, 0.4) is 0 Å². The highest BCUT2D eigenvalue weighted by molar-refractivity contribution is 5.94. The predicted octanol–water partition coefficient (Wildman–Crippen LogP) is 3.58. The van der Waals surface area contributed by atoms with Gasteiger partial charge in [-0.2, -0.15) is 0 Å². The van der Waals surface area contributed by atoms with Crippen molar-refractivity contribution >= 4 is 5.91 Å². The normalized spacial score (nSPS) is 10.3. The van der Waals surface area contributed by atoms with Crippen molar-refractivity contribution in [3.05, 3.63) is 70.8 Å².